The molecule has 0 aliphatic heterocycles. The molecule has 0 fully saturated rings. The summed E-state index contributed by atoms with van der Waals surface area (Å²) in [5, 5.41) is 9.47. The number of carbonyl (C=O) groups excluding carboxylic acids is 1. The number of rotatable bonds is 2. The largest absolute Gasteiger partial charge is 0.310 e. The van der Waals surface area contributed by atoms with E-state index in [9.17, 15) is 9.18 Å². The minimum atomic E-state index is -0.290. The summed E-state index contributed by atoms with van der Waals surface area (Å²) in [6.07, 6.45) is 0. The molecule has 2 rings (SSSR count). The molecule has 88 valence electrons. The second-order valence-corrected chi connectivity index (χ2v) is 4.53. The van der Waals surface area contributed by atoms with E-state index in [-0.39, 0.29) is 11.7 Å². The first-order valence-electron chi connectivity index (χ1n) is 4.85. The number of amides is 1. The van der Waals surface area contributed by atoms with Crippen LogP contribution in [0.25, 0.3) is 11.3 Å². The van der Waals surface area contributed by atoms with Gasteiger partial charge < -0.3 is 5.32 Å². The van der Waals surface area contributed by atoms with Gasteiger partial charge in [-0.05, 0) is 46.9 Å². The molecule has 1 aromatic heterocycles. The maximum Gasteiger partial charge on any atom is 0.222 e. The zero-order valence-electron chi connectivity index (χ0n) is 8.92. The normalized spacial score (nSPS) is 10.3. The van der Waals surface area contributed by atoms with Crippen LogP contribution in [-0.2, 0) is 4.79 Å². The van der Waals surface area contributed by atoms with Crippen molar-refractivity contribution in [2.45, 2.75) is 6.92 Å². The summed E-state index contributed by atoms with van der Waals surface area (Å²) < 4.78 is 13.6. The van der Waals surface area contributed by atoms with Crippen LogP contribution in [0, 0.1) is 9.39 Å². The van der Waals surface area contributed by atoms with Crippen molar-refractivity contribution in [2.24, 2.45) is 0 Å². The third-order valence-corrected chi connectivity index (χ3v) is 3.18. The van der Waals surface area contributed by atoms with Crippen molar-refractivity contribution >= 4 is 34.3 Å². The lowest BCUT2D eigenvalue weighted by Gasteiger charge is -1.99. The number of aromatic amines is 1. The SMILES string of the molecule is CC(=O)Nc1[nH]nc(-c2ccc(F)cc2)c1I. The van der Waals surface area contributed by atoms with Crippen molar-refractivity contribution in [1.29, 1.82) is 0 Å². The zero-order valence-corrected chi connectivity index (χ0v) is 11.1. The number of hydrogen-bond acceptors (Lipinski definition) is 2. The van der Waals surface area contributed by atoms with E-state index < -0.39 is 0 Å². The highest BCUT2D eigenvalue weighted by Crippen LogP contribution is 2.28. The van der Waals surface area contributed by atoms with Crippen LogP contribution in [0.4, 0.5) is 10.2 Å². The lowest BCUT2D eigenvalue weighted by molar-refractivity contribution is -0.114. The van der Waals surface area contributed by atoms with Crippen LogP contribution in [0.3, 0.4) is 0 Å². The molecule has 1 aromatic carbocycles. The minimum Gasteiger partial charge on any atom is -0.310 e. The molecule has 4 nitrogen and oxygen atoms in total. The van der Waals surface area contributed by atoms with E-state index in [0.717, 1.165) is 9.13 Å². The predicted molar refractivity (Wildman–Crippen MR) is 71.0 cm³/mol. The molecule has 0 bridgehead atoms. The first kappa shape index (κ1) is 12.0. The van der Waals surface area contributed by atoms with Gasteiger partial charge in [0.15, 0.2) is 0 Å². The van der Waals surface area contributed by atoms with Crippen LogP contribution in [0.1, 0.15) is 6.92 Å². The van der Waals surface area contributed by atoms with E-state index >= 15 is 0 Å². The Labute approximate surface area is 111 Å². The number of benzene rings is 1. The summed E-state index contributed by atoms with van der Waals surface area (Å²) in [6, 6.07) is 6.03. The topological polar surface area (TPSA) is 57.8 Å². The van der Waals surface area contributed by atoms with Gasteiger partial charge in [0, 0.05) is 12.5 Å². The highest BCUT2D eigenvalue weighted by molar-refractivity contribution is 14.1. The van der Waals surface area contributed by atoms with Crippen LogP contribution in [0.2, 0.25) is 0 Å². The van der Waals surface area contributed by atoms with Crippen molar-refractivity contribution in [3.8, 4) is 11.3 Å². The molecule has 17 heavy (non-hydrogen) atoms. The van der Waals surface area contributed by atoms with Gasteiger partial charge in [0.1, 0.15) is 17.3 Å². The maximum absolute atomic E-state index is 12.8. The summed E-state index contributed by atoms with van der Waals surface area (Å²) in [6.45, 7) is 1.43. The van der Waals surface area contributed by atoms with Gasteiger partial charge in [-0.3, -0.25) is 9.89 Å². The molecule has 0 aliphatic rings. The summed E-state index contributed by atoms with van der Waals surface area (Å²) in [4.78, 5) is 10.9. The van der Waals surface area contributed by atoms with Crippen LogP contribution >= 0.6 is 22.6 Å². The lowest BCUT2D eigenvalue weighted by atomic mass is 10.1. The number of nitrogens with zero attached hydrogens (tertiary/aromatic N) is 1. The molecule has 0 saturated heterocycles. The van der Waals surface area contributed by atoms with Crippen molar-refractivity contribution in [2.75, 3.05) is 5.32 Å². The van der Waals surface area contributed by atoms with Gasteiger partial charge in [-0.2, -0.15) is 5.10 Å². The zero-order chi connectivity index (χ0) is 12.4. The minimum absolute atomic E-state index is 0.169. The number of aromatic nitrogens is 2. The summed E-state index contributed by atoms with van der Waals surface area (Å²) >= 11 is 2.08. The van der Waals surface area contributed by atoms with Crippen LogP contribution in [0.15, 0.2) is 24.3 Å². The first-order chi connectivity index (χ1) is 8.08. The second kappa shape index (κ2) is 4.82. The second-order valence-electron chi connectivity index (χ2n) is 3.45. The molecule has 0 aliphatic carbocycles. The Morgan fingerprint density at radius 3 is 2.65 bits per heavy atom. The summed E-state index contributed by atoms with van der Waals surface area (Å²) in [7, 11) is 0. The monoisotopic (exact) mass is 345 g/mol. The Balaban J connectivity index is 2.37. The van der Waals surface area contributed by atoms with E-state index in [1.165, 1.54) is 19.1 Å². The summed E-state index contributed by atoms with van der Waals surface area (Å²) in [5.74, 6) is 0.0935. The standard InChI is InChI=1S/C11H9FIN3O/c1-6(17)14-11-9(13)10(15-16-11)7-2-4-8(12)5-3-7/h2-5H,1H3,(H2,14,15,16,17). The molecule has 0 radical (unpaired) electrons. The Morgan fingerprint density at radius 2 is 2.06 bits per heavy atom. The number of H-pyrrole nitrogens is 1. The third kappa shape index (κ3) is 2.63. The fourth-order valence-corrected chi connectivity index (χ4v) is 2.07. The van der Waals surface area contributed by atoms with E-state index in [2.05, 4.69) is 38.1 Å². The Hall–Kier alpha value is -1.44. The number of hydrogen-bond donors (Lipinski definition) is 2. The molecular weight excluding hydrogens is 336 g/mol. The van der Waals surface area contributed by atoms with Gasteiger partial charge in [0.2, 0.25) is 5.91 Å². The van der Waals surface area contributed by atoms with Crippen LogP contribution in [-0.4, -0.2) is 16.1 Å². The number of halogens is 2. The first-order valence-corrected chi connectivity index (χ1v) is 5.93. The quantitative estimate of drug-likeness (QED) is 0.823. The third-order valence-electron chi connectivity index (χ3n) is 2.13. The van der Waals surface area contributed by atoms with Crippen molar-refractivity contribution in [3.05, 3.63) is 33.7 Å². The number of nitrogens with one attached hydrogen (secondary N) is 2. The molecule has 0 saturated carbocycles. The van der Waals surface area contributed by atoms with Crippen molar-refractivity contribution < 1.29 is 9.18 Å². The van der Waals surface area contributed by atoms with Crippen LogP contribution < -0.4 is 5.32 Å². The van der Waals surface area contributed by atoms with E-state index in [0.29, 0.717) is 11.5 Å². The highest BCUT2D eigenvalue weighted by Gasteiger charge is 2.12. The molecule has 2 aromatic rings. The van der Waals surface area contributed by atoms with Crippen molar-refractivity contribution in [1.82, 2.24) is 10.2 Å². The Kier molecular flexibility index (Phi) is 3.41. The Morgan fingerprint density at radius 1 is 1.41 bits per heavy atom. The molecule has 0 spiro atoms. The molecule has 1 amide bonds. The number of carbonyl (C=O) groups is 1. The van der Waals surface area contributed by atoms with Gasteiger partial charge >= 0.3 is 0 Å². The molecule has 0 unspecified atom stereocenters. The lowest BCUT2D eigenvalue weighted by Crippen LogP contribution is -2.07. The summed E-state index contributed by atoms with van der Waals surface area (Å²) in [5.41, 5.74) is 1.48. The van der Waals surface area contributed by atoms with Gasteiger partial charge in [-0.15, -0.1) is 0 Å². The van der Waals surface area contributed by atoms with Gasteiger partial charge in [0.25, 0.3) is 0 Å². The molecular formula is C11H9FIN3O. The van der Waals surface area contributed by atoms with Gasteiger partial charge in [-0.25, -0.2) is 4.39 Å². The molecule has 2 N–H and O–H groups in total. The average Bonchev–Trinajstić information content (AvgIpc) is 2.61. The Bertz CT molecular complexity index is 550. The van der Waals surface area contributed by atoms with Gasteiger partial charge in [-0.1, -0.05) is 0 Å². The predicted octanol–water partition coefficient (Wildman–Crippen LogP) is 2.78. The smallest absolute Gasteiger partial charge is 0.222 e. The average molecular weight is 345 g/mol. The van der Waals surface area contributed by atoms with Gasteiger partial charge in [0.05, 0.1) is 3.57 Å². The van der Waals surface area contributed by atoms with Crippen LogP contribution in [0.5, 0.6) is 0 Å². The fraction of sp³-hybridized carbons (Fsp3) is 0.0909. The highest BCUT2D eigenvalue weighted by atomic mass is 127. The van der Waals surface area contributed by atoms with E-state index in [4.69, 9.17) is 0 Å². The molecule has 6 heteroatoms. The van der Waals surface area contributed by atoms with Crippen molar-refractivity contribution in [3.63, 3.8) is 0 Å². The number of anilines is 1. The molecule has 1 heterocycles. The van der Waals surface area contributed by atoms with E-state index in [1.807, 2.05) is 0 Å². The molecule has 0 atom stereocenters. The maximum atomic E-state index is 12.8. The van der Waals surface area contributed by atoms with E-state index in [1.54, 1.807) is 12.1 Å². The fourth-order valence-electron chi connectivity index (χ4n) is 1.39.